The summed E-state index contributed by atoms with van der Waals surface area (Å²) in [6.45, 7) is 3.08. The first-order valence-electron chi connectivity index (χ1n) is 23.5. The van der Waals surface area contributed by atoms with Gasteiger partial charge in [-0.25, -0.2) is 4.57 Å². The second-order valence-electron chi connectivity index (χ2n) is 16.1. The van der Waals surface area contributed by atoms with Gasteiger partial charge >= 0.3 is 19.8 Å². The summed E-state index contributed by atoms with van der Waals surface area (Å²) < 4.78 is 33.4. The monoisotopic (exact) mass is 925 g/mol. The van der Waals surface area contributed by atoms with E-state index in [1.54, 1.807) is 18.2 Å². The normalized spacial score (nSPS) is 22.8. The molecular weight excluding hydrogens is 843 g/mol. The number of unbranched alkanes of at least 4 members (excludes halogenated alkanes) is 11. The molecule has 7 N–H and O–H groups in total. The highest BCUT2D eigenvalue weighted by atomic mass is 31.2. The van der Waals surface area contributed by atoms with E-state index >= 15 is 0 Å². The van der Waals surface area contributed by atoms with Crippen LogP contribution in [0.1, 0.15) is 149 Å². The summed E-state index contributed by atoms with van der Waals surface area (Å²) >= 11 is 0. The molecule has 1 rings (SSSR count). The molecule has 0 saturated heterocycles. The molecule has 14 nitrogen and oxygen atoms in total. The minimum absolute atomic E-state index is 0.00870. The van der Waals surface area contributed by atoms with E-state index in [4.69, 9.17) is 18.5 Å². The molecule has 1 aliphatic carbocycles. The van der Waals surface area contributed by atoms with Crippen molar-refractivity contribution < 1.29 is 68.2 Å². The lowest BCUT2D eigenvalue weighted by atomic mass is 9.85. The van der Waals surface area contributed by atoms with Crippen LogP contribution in [0.15, 0.2) is 85.1 Å². The number of carbonyl (C=O) groups is 2. The standard InChI is InChI=1S/C49H81O14P/c1-3-5-7-9-11-13-14-15-16-17-18-19-20-22-24-28-33-37-43(52)62-41(39-61-64(58,59)63-49-47(56)45(54)44(53)46(55)48(49)57)38-60-42(51)36-32-29-25-27-31-35-40(50)34-30-26-23-21-12-10-8-6-4-2/h12,15-16,18-19,21-22,24-27,30-31,35,40-41,44-50,53-57H,3-11,13-14,17,20,23,28-29,32-34,36-39H2,1-2H3,(H,58,59)/b16-15-,19-18-,21-12-,24-22-,27-25+,30-26-,35-31-/t40?,41-,44?,45-,46+,47-,48-,49?/m1/s1. The molecule has 0 amide bonds. The van der Waals surface area contributed by atoms with Crippen LogP contribution in [0.5, 0.6) is 0 Å². The van der Waals surface area contributed by atoms with Gasteiger partial charge in [0.05, 0.1) is 12.7 Å². The summed E-state index contributed by atoms with van der Waals surface area (Å²) in [5, 5.41) is 60.3. The molecule has 0 aromatic carbocycles. The van der Waals surface area contributed by atoms with E-state index < -0.39 is 81.8 Å². The third-order valence-electron chi connectivity index (χ3n) is 10.3. The molecule has 64 heavy (non-hydrogen) atoms. The highest BCUT2D eigenvalue weighted by Crippen LogP contribution is 2.47. The van der Waals surface area contributed by atoms with Gasteiger partial charge in [-0.1, -0.05) is 144 Å². The van der Waals surface area contributed by atoms with Crippen molar-refractivity contribution in [1.82, 2.24) is 0 Å². The average molecular weight is 925 g/mol. The van der Waals surface area contributed by atoms with E-state index in [1.807, 2.05) is 30.4 Å². The molecule has 9 atom stereocenters. The summed E-state index contributed by atoms with van der Waals surface area (Å²) in [7, 11) is -5.17. The maximum absolute atomic E-state index is 12.8. The van der Waals surface area contributed by atoms with Gasteiger partial charge in [-0.15, -0.1) is 0 Å². The van der Waals surface area contributed by atoms with E-state index in [-0.39, 0.29) is 12.8 Å². The Hall–Kier alpha value is -3.01. The Bertz CT molecular complexity index is 1460. The largest absolute Gasteiger partial charge is 0.472 e. The summed E-state index contributed by atoms with van der Waals surface area (Å²) in [4.78, 5) is 35.7. The summed E-state index contributed by atoms with van der Waals surface area (Å²) in [6, 6.07) is 0. The zero-order chi connectivity index (χ0) is 47.3. The second kappa shape index (κ2) is 38.1. The minimum atomic E-state index is -5.17. The number of aliphatic hydroxyl groups is 6. The Morgan fingerprint density at radius 2 is 1.03 bits per heavy atom. The lowest BCUT2D eigenvalue weighted by molar-refractivity contribution is -0.220. The van der Waals surface area contributed by atoms with Crippen LogP contribution in [0.4, 0.5) is 0 Å². The lowest BCUT2D eigenvalue weighted by Crippen LogP contribution is -2.64. The highest BCUT2D eigenvalue weighted by molar-refractivity contribution is 7.47. The van der Waals surface area contributed by atoms with E-state index in [2.05, 4.69) is 50.3 Å². The predicted molar refractivity (Wildman–Crippen MR) is 250 cm³/mol. The lowest BCUT2D eigenvalue weighted by Gasteiger charge is -2.41. The van der Waals surface area contributed by atoms with Gasteiger partial charge in [-0.2, -0.15) is 0 Å². The van der Waals surface area contributed by atoms with Gasteiger partial charge in [0.25, 0.3) is 0 Å². The first-order valence-corrected chi connectivity index (χ1v) is 25.0. The van der Waals surface area contributed by atoms with Gasteiger partial charge in [-0.05, 0) is 77.0 Å². The van der Waals surface area contributed by atoms with Gasteiger partial charge in [0, 0.05) is 12.8 Å². The van der Waals surface area contributed by atoms with Crippen LogP contribution in [0.25, 0.3) is 0 Å². The van der Waals surface area contributed by atoms with Gasteiger partial charge in [-0.3, -0.25) is 18.6 Å². The van der Waals surface area contributed by atoms with Crippen molar-refractivity contribution in [2.75, 3.05) is 13.2 Å². The minimum Gasteiger partial charge on any atom is -0.462 e. The number of esters is 2. The smallest absolute Gasteiger partial charge is 0.462 e. The fraction of sp³-hybridized carbons (Fsp3) is 0.673. The highest BCUT2D eigenvalue weighted by Gasteiger charge is 2.51. The number of phosphoric ester groups is 1. The van der Waals surface area contributed by atoms with Gasteiger partial charge in [0.2, 0.25) is 0 Å². The Morgan fingerprint density at radius 3 is 1.64 bits per heavy atom. The first kappa shape index (κ1) is 59.0. The van der Waals surface area contributed by atoms with Gasteiger partial charge in [0.1, 0.15) is 43.2 Å². The molecule has 0 aromatic rings. The van der Waals surface area contributed by atoms with Crippen molar-refractivity contribution in [3.05, 3.63) is 85.1 Å². The maximum Gasteiger partial charge on any atom is 0.472 e. The van der Waals surface area contributed by atoms with Crippen LogP contribution < -0.4 is 0 Å². The molecule has 0 heterocycles. The zero-order valence-electron chi connectivity index (χ0n) is 38.4. The molecular formula is C49H81O14P. The van der Waals surface area contributed by atoms with Crippen LogP contribution in [0.2, 0.25) is 0 Å². The average Bonchev–Trinajstić information content (AvgIpc) is 3.27. The Morgan fingerprint density at radius 1 is 0.562 bits per heavy atom. The molecule has 1 aliphatic rings. The molecule has 0 aromatic heterocycles. The number of aliphatic hydroxyl groups excluding tert-OH is 6. The molecule has 4 unspecified atom stereocenters. The molecule has 1 fully saturated rings. The molecule has 0 aliphatic heterocycles. The topological polar surface area (TPSA) is 230 Å². The summed E-state index contributed by atoms with van der Waals surface area (Å²) in [6.07, 6.45) is 32.4. The van der Waals surface area contributed by atoms with Crippen molar-refractivity contribution in [2.24, 2.45) is 0 Å². The molecule has 0 bridgehead atoms. The molecule has 366 valence electrons. The number of phosphoric acid groups is 1. The second-order valence-corrected chi connectivity index (χ2v) is 17.5. The fourth-order valence-electron chi connectivity index (χ4n) is 6.43. The molecule has 0 spiro atoms. The van der Waals surface area contributed by atoms with Crippen LogP contribution in [0, 0.1) is 0 Å². The Balaban J connectivity index is 2.58. The van der Waals surface area contributed by atoms with Crippen molar-refractivity contribution in [1.29, 1.82) is 0 Å². The molecule has 0 radical (unpaired) electrons. The number of ether oxygens (including phenoxy) is 2. The molecule has 1 saturated carbocycles. The van der Waals surface area contributed by atoms with Crippen LogP contribution in [0.3, 0.4) is 0 Å². The van der Waals surface area contributed by atoms with Crippen molar-refractivity contribution in [3.63, 3.8) is 0 Å². The Kier molecular flexibility index (Phi) is 35.2. The number of allylic oxidation sites excluding steroid dienone is 12. The van der Waals surface area contributed by atoms with E-state index in [0.29, 0.717) is 32.1 Å². The molecule has 15 heteroatoms. The van der Waals surface area contributed by atoms with Crippen molar-refractivity contribution >= 4 is 19.8 Å². The van der Waals surface area contributed by atoms with Crippen LogP contribution in [-0.4, -0.2) is 110 Å². The van der Waals surface area contributed by atoms with Gasteiger partial charge < -0.3 is 45.0 Å². The van der Waals surface area contributed by atoms with Crippen molar-refractivity contribution in [2.45, 2.75) is 198 Å². The quantitative estimate of drug-likeness (QED) is 0.0102. The van der Waals surface area contributed by atoms with Crippen LogP contribution >= 0.6 is 7.82 Å². The SMILES string of the molecule is CCCCC/C=C\C/C=C\CC(O)/C=C\C=C\CCCC(=O)OC[C@H](COP(=O)(O)OC1[C@H](O)[C@H](O)C(O)[C@H](O)[C@H]1O)OC(=O)CCC/C=C\C/C=C\C/C=C\CCCCCCCC. The van der Waals surface area contributed by atoms with E-state index in [0.717, 1.165) is 32.1 Å². The number of hydrogen-bond acceptors (Lipinski definition) is 13. The van der Waals surface area contributed by atoms with E-state index in [1.165, 1.54) is 57.8 Å². The number of hydrogen-bond donors (Lipinski definition) is 7. The Labute approximate surface area is 382 Å². The van der Waals surface area contributed by atoms with Crippen LogP contribution in [-0.2, 0) is 32.7 Å². The van der Waals surface area contributed by atoms with Gasteiger partial charge in [0.15, 0.2) is 6.10 Å². The zero-order valence-corrected chi connectivity index (χ0v) is 39.3. The predicted octanol–water partition coefficient (Wildman–Crippen LogP) is 8.25. The fourth-order valence-corrected chi connectivity index (χ4v) is 7.41. The maximum atomic E-state index is 12.8. The number of carbonyl (C=O) groups excluding carboxylic acids is 2. The summed E-state index contributed by atoms with van der Waals surface area (Å²) in [5.74, 6) is -1.30. The summed E-state index contributed by atoms with van der Waals surface area (Å²) in [5.41, 5.74) is 0. The third-order valence-corrected chi connectivity index (χ3v) is 11.3. The van der Waals surface area contributed by atoms with E-state index in [9.17, 15) is 49.7 Å². The first-order chi connectivity index (χ1) is 30.8. The number of rotatable bonds is 37. The third kappa shape index (κ3) is 30.2. The van der Waals surface area contributed by atoms with Crippen molar-refractivity contribution in [3.8, 4) is 0 Å².